The van der Waals surface area contributed by atoms with Gasteiger partial charge in [-0.05, 0) is 36.4 Å². The minimum atomic E-state index is -4.56. The SMILES string of the molecule is O=C(Nc1cccc(-c2nc3cccnc3s2)c1)Nc1ccccc1C(F)(F)F. The van der Waals surface area contributed by atoms with Crippen molar-refractivity contribution in [2.45, 2.75) is 6.18 Å². The molecule has 0 bridgehead atoms. The van der Waals surface area contributed by atoms with E-state index < -0.39 is 17.8 Å². The summed E-state index contributed by atoms with van der Waals surface area (Å²) in [6.07, 6.45) is -2.88. The van der Waals surface area contributed by atoms with E-state index in [0.717, 1.165) is 27.0 Å². The highest BCUT2D eigenvalue weighted by molar-refractivity contribution is 7.21. The van der Waals surface area contributed by atoms with Crippen LogP contribution in [0, 0.1) is 0 Å². The topological polar surface area (TPSA) is 66.9 Å². The van der Waals surface area contributed by atoms with Crippen LogP contribution in [0.15, 0.2) is 66.9 Å². The molecule has 4 rings (SSSR count). The standard InChI is InChI=1S/C20H13F3N4OS/c21-20(22,23)14-7-1-2-8-15(14)27-19(28)25-13-6-3-5-12(11-13)17-26-16-9-4-10-24-18(16)29-17/h1-11H,(H2,25,27,28). The molecule has 0 radical (unpaired) electrons. The normalized spacial score (nSPS) is 11.4. The quantitative estimate of drug-likeness (QED) is 0.431. The third kappa shape index (κ3) is 4.19. The highest BCUT2D eigenvalue weighted by atomic mass is 32.1. The van der Waals surface area contributed by atoms with Crippen molar-refractivity contribution >= 4 is 39.1 Å². The molecule has 0 aliphatic heterocycles. The number of amides is 2. The van der Waals surface area contributed by atoms with E-state index in [0.29, 0.717) is 5.69 Å². The number of hydrogen-bond donors (Lipinski definition) is 2. The van der Waals surface area contributed by atoms with Crippen LogP contribution in [0.25, 0.3) is 20.9 Å². The number of thiazole rings is 1. The van der Waals surface area contributed by atoms with E-state index in [4.69, 9.17) is 0 Å². The summed E-state index contributed by atoms with van der Waals surface area (Å²) in [7, 11) is 0. The predicted molar refractivity (Wildman–Crippen MR) is 107 cm³/mol. The smallest absolute Gasteiger partial charge is 0.308 e. The third-order valence-corrected chi connectivity index (χ3v) is 5.04. The van der Waals surface area contributed by atoms with Crippen LogP contribution in [0.4, 0.5) is 29.3 Å². The van der Waals surface area contributed by atoms with Crippen LogP contribution in [0.3, 0.4) is 0 Å². The van der Waals surface area contributed by atoms with Gasteiger partial charge in [0.05, 0.1) is 11.3 Å². The van der Waals surface area contributed by atoms with E-state index in [1.807, 2.05) is 12.1 Å². The van der Waals surface area contributed by atoms with Gasteiger partial charge in [0.15, 0.2) is 0 Å². The number of carbonyl (C=O) groups is 1. The molecule has 0 saturated carbocycles. The van der Waals surface area contributed by atoms with Crippen molar-refractivity contribution < 1.29 is 18.0 Å². The Morgan fingerprint density at radius 3 is 2.59 bits per heavy atom. The number of halogens is 3. The lowest BCUT2D eigenvalue weighted by molar-refractivity contribution is -0.136. The maximum Gasteiger partial charge on any atom is 0.418 e. The number of rotatable bonds is 3. The third-order valence-electron chi connectivity index (χ3n) is 4.01. The van der Waals surface area contributed by atoms with Crippen LogP contribution in [0.5, 0.6) is 0 Å². The number of pyridine rings is 1. The largest absolute Gasteiger partial charge is 0.418 e. The fourth-order valence-corrected chi connectivity index (χ4v) is 3.65. The Morgan fingerprint density at radius 1 is 0.966 bits per heavy atom. The maximum atomic E-state index is 13.1. The van der Waals surface area contributed by atoms with Gasteiger partial charge in [-0.25, -0.2) is 14.8 Å². The molecule has 0 unspecified atom stereocenters. The van der Waals surface area contributed by atoms with E-state index in [1.54, 1.807) is 30.5 Å². The summed E-state index contributed by atoms with van der Waals surface area (Å²) in [5, 5.41) is 5.54. The van der Waals surface area contributed by atoms with Gasteiger partial charge in [-0.3, -0.25) is 0 Å². The summed E-state index contributed by atoms with van der Waals surface area (Å²) in [4.78, 5) is 21.8. The van der Waals surface area contributed by atoms with Crippen molar-refractivity contribution in [2.24, 2.45) is 0 Å². The van der Waals surface area contributed by atoms with E-state index in [1.165, 1.54) is 29.5 Å². The molecule has 0 aliphatic carbocycles. The van der Waals surface area contributed by atoms with Crippen LogP contribution in [0.1, 0.15) is 5.56 Å². The molecule has 0 fully saturated rings. The van der Waals surface area contributed by atoms with Crippen LogP contribution in [-0.2, 0) is 6.18 Å². The molecule has 2 amide bonds. The van der Waals surface area contributed by atoms with Gasteiger partial charge < -0.3 is 10.6 Å². The second kappa shape index (κ2) is 7.51. The number of anilines is 2. The molecule has 2 aromatic heterocycles. The minimum Gasteiger partial charge on any atom is -0.308 e. The Balaban J connectivity index is 1.53. The van der Waals surface area contributed by atoms with Crippen molar-refractivity contribution in [3.05, 3.63) is 72.4 Å². The zero-order valence-electron chi connectivity index (χ0n) is 14.7. The second-order valence-electron chi connectivity index (χ2n) is 6.05. The summed E-state index contributed by atoms with van der Waals surface area (Å²) in [6.45, 7) is 0. The van der Waals surface area contributed by atoms with Crippen molar-refractivity contribution in [2.75, 3.05) is 10.6 Å². The maximum absolute atomic E-state index is 13.1. The Labute approximate surface area is 167 Å². The molecule has 0 saturated heterocycles. The fourth-order valence-electron chi connectivity index (χ4n) is 2.75. The van der Waals surface area contributed by atoms with E-state index >= 15 is 0 Å². The first kappa shape index (κ1) is 18.9. The van der Waals surface area contributed by atoms with Crippen LogP contribution >= 0.6 is 11.3 Å². The van der Waals surface area contributed by atoms with Gasteiger partial charge in [-0.1, -0.05) is 35.6 Å². The van der Waals surface area contributed by atoms with Crippen molar-refractivity contribution in [3.63, 3.8) is 0 Å². The molecule has 9 heteroatoms. The summed E-state index contributed by atoms with van der Waals surface area (Å²) in [5.41, 5.74) is 0.738. The number of alkyl halides is 3. The summed E-state index contributed by atoms with van der Waals surface area (Å²) >= 11 is 1.41. The summed E-state index contributed by atoms with van der Waals surface area (Å²) in [5.74, 6) is 0. The minimum absolute atomic E-state index is 0.314. The molecule has 29 heavy (non-hydrogen) atoms. The Hall–Kier alpha value is -3.46. The molecular weight excluding hydrogens is 401 g/mol. The number of aromatic nitrogens is 2. The van der Waals surface area contributed by atoms with Gasteiger partial charge in [0.25, 0.3) is 0 Å². The molecule has 2 heterocycles. The second-order valence-corrected chi connectivity index (χ2v) is 7.03. The first-order valence-electron chi connectivity index (χ1n) is 8.46. The van der Waals surface area contributed by atoms with Crippen LogP contribution < -0.4 is 10.6 Å². The lowest BCUT2D eigenvalue weighted by Crippen LogP contribution is -2.21. The summed E-state index contributed by atoms with van der Waals surface area (Å²) in [6, 6.07) is 14.6. The molecule has 0 spiro atoms. The number of carbonyl (C=O) groups excluding carboxylic acids is 1. The Kier molecular flexibility index (Phi) is 4.89. The number of urea groups is 1. The highest BCUT2D eigenvalue weighted by Gasteiger charge is 2.33. The van der Waals surface area contributed by atoms with Crippen molar-refractivity contribution in [3.8, 4) is 10.6 Å². The average Bonchev–Trinajstić information content (AvgIpc) is 3.12. The number of benzene rings is 2. The lowest BCUT2D eigenvalue weighted by atomic mass is 10.1. The van der Waals surface area contributed by atoms with Gasteiger partial charge in [0, 0.05) is 17.4 Å². The molecule has 2 N–H and O–H groups in total. The first-order chi connectivity index (χ1) is 13.9. The van der Waals surface area contributed by atoms with Crippen molar-refractivity contribution in [1.29, 1.82) is 0 Å². The number of nitrogens with one attached hydrogen (secondary N) is 2. The number of hydrogen-bond acceptors (Lipinski definition) is 4. The summed E-state index contributed by atoms with van der Waals surface area (Å²) < 4.78 is 39.2. The fraction of sp³-hybridized carbons (Fsp3) is 0.0500. The number of nitrogens with zero attached hydrogens (tertiary/aromatic N) is 2. The van der Waals surface area contributed by atoms with Gasteiger partial charge >= 0.3 is 12.2 Å². The number of fused-ring (bicyclic) bond motifs is 1. The monoisotopic (exact) mass is 414 g/mol. The van der Waals surface area contributed by atoms with E-state index in [9.17, 15) is 18.0 Å². The van der Waals surface area contributed by atoms with Gasteiger partial charge in [0.2, 0.25) is 0 Å². The zero-order chi connectivity index (χ0) is 20.4. The van der Waals surface area contributed by atoms with E-state index in [2.05, 4.69) is 20.6 Å². The lowest BCUT2D eigenvalue weighted by Gasteiger charge is -2.14. The van der Waals surface area contributed by atoms with Crippen molar-refractivity contribution in [1.82, 2.24) is 9.97 Å². The molecule has 146 valence electrons. The Bertz CT molecular complexity index is 1160. The molecule has 4 aromatic rings. The Morgan fingerprint density at radius 2 is 1.79 bits per heavy atom. The molecule has 5 nitrogen and oxygen atoms in total. The first-order valence-corrected chi connectivity index (χ1v) is 9.28. The molecule has 2 aromatic carbocycles. The van der Waals surface area contributed by atoms with Gasteiger partial charge in [-0.2, -0.15) is 13.2 Å². The van der Waals surface area contributed by atoms with Gasteiger partial charge in [-0.15, -0.1) is 0 Å². The zero-order valence-corrected chi connectivity index (χ0v) is 15.5. The highest BCUT2D eigenvalue weighted by Crippen LogP contribution is 2.35. The van der Waals surface area contributed by atoms with Gasteiger partial charge in [0.1, 0.15) is 15.4 Å². The van der Waals surface area contributed by atoms with E-state index in [-0.39, 0.29) is 5.69 Å². The van der Waals surface area contributed by atoms with Crippen LogP contribution in [0.2, 0.25) is 0 Å². The molecule has 0 aliphatic rings. The van der Waals surface area contributed by atoms with Crippen LogP contribution in [-0.4, -0.2) is 16.0 Å². The number of para-hydroxylation sites is 1. The molecule has 0 atom stereocenters. The average molecular weight is 414 g/mol. The molecular formula is C20H13F3N4OS. The predicted octanol–water partition coefficient (Wildman–Crippen LogP) is 6.02.